The quantitative estimate of drug-likeness (QED) is 0.634. The first-order valence-corrected chi connectivity index (χ1v) is 3.95. The van der Waals surface area contributed by atoms with E-state index in [1.54, 1.807) is 6.20 Å². The van der Waals surface area contributed by atoms with Crippen LogP contribution in [0.1, 0.15) is 12.5 Å². The van der Waals surface area contributed by atoms with Crippen LogP contribution in [0, 0.1) is 0 Å². The van der Waals surface area contributed by atoms with E-state index in [1.165, 1.54) is 11.9 Å². The lowest BCUT2D eigenvalue weighted by molar-refractivity contribution is 1.11. The summed E-state index contributed by atoms with van der Waals surface area (Å²) in [7, 11) is 0. The number of hydrogen-bond acceptors (Lipinski definition) is 3. The molecule has 0 bridgehead atoms. The van der Waals surface area contributed by atoms with Crippen molar-refractivity contribution < 1.29 is 0 Å². The van der Waals surface area contributed by atoms with Crippen molar-refractivity contribution in [1.82, 2.24) is 15.0 Å². The van der Waals surface area contributed by atoms with Gasteiger partial charge in [0, 0.05) is 17.8 Å². The van der Waals surface area contributed by atoms with Gasteiger partial charge in [-0.05, 0) is 18.1 Å². The first-order chi connectivity index (χ1) is 5.92. The number of hydrogen-bond donors (Lipinski definition) is 0. The van der Waals surface area contributed by atoms with Gasteiger partial charge in [0.2, 0.25) is 0 Å². The van der Waals surface area contributed by atoms with Crippen molar-refractivity contribution in [3.05, 3.63) is 30.4 Å². The highest BCUT2D eigenvalue weighted by Gasteiger charge is 1.98. The second kappa shape index (κ2) is 2.85. The van der Waals surface area contributed by atoms with Crippen molar-refractivity contribution in [2.75, 3.05) is 0 Å². The predicted molar refractivity (Wildman–Crippen MR) is 46.7 cm³/mol. The van der Waals surface area contributed by atoms with Crippen molar-refractivity contribution >= 4 is 11.0 Å². The molecule has 0 unspecified atom stereocenters. The summed E-state index contributed by atoms with van der Waals surface area (Å²) >= 11 is 0. The highest BCUT2D eigenvalue weighted by molar-refractivity contribution is 5.77. The molecule has 0 saturated heterocycles. The van der Waals surface area contributed by atoms with E-state index in [9.17, 15) is 0 Å². The maximum absolute atomic E-state index is 4.14. The molecular formula is C9H9N3. The minimum Gasteiger partial charge on any atom is -0.244 e. The summed E-state index contributed by atoms with van der Waals surface area (Å²) in [4.78, 5) is 12.2. The third kappa shape index (κ3) is 1.03. The van der Waals surface area contributed by atoms with Crippen LogP contribution >= 0.6 is 0 Å². The van der Waals surface area contributed by atoms with E-state index >= 15 is 0 Å². The molecule has 0 atom stereocenters. The van der Waals surface area contributed by atoms with Crippen LogP contribution in [0.25, 0.3) is 11.0 Å². The van der Waals surface area contributed by atoms with Crippen LogP contribution in [0.5, 0.6) is 0 Å². The Hall–Kier alpha value is -1.51. The molecule has 3 heteroatoms. The fraction of sp³-hybridized carbons (Fsp3) is 0.222. The Morgan fingerprint density at radius 3 is 3.08 bits per heavy atom. The van der Waals surface area contributed by atoms with Crippen molar-refractivity contribution in [1.29, 1.82) is 0 Å². The number of nitrogens with zero attached hydrogens (tertiary/aromatic N) is 3. The molecule has 0 radical (unpaired) electrons. The minimum absolute atomic E-state index is 0.782. The summed E-state index contributed by atoms with van der Waals surface area (Å²) in [5.74, 6) is 0. The lowest BCUT2D eigenvalue weighted by Gasteiger charge is -1.99. The molecule has 0 aliphatic rings. The fourth-order valence-corrected chi connectivity index (χ4v) is 1.25. The lowest BCUT2D eigenvalue weighted by Crippen LogP contribution is -1.89. The summed E-state index contributed by atoms with van der Waals surface area (Å²) in [5, 5.41) is 1.06. The average molecular weight is 159 g/mol. The molecule has 0 aromatic carbocycles. The molecule has 0 fully saturated rings. The zero-order valence-corrected chi connectivity index (χ0v) is 6.86. The van der Waals surface area contributed by atoms with Crippen LogP contribution in [-0.2, 0) is 6.42 Å². The van der Waals surface area contributed by atoms with Crippen LogP contribution < -0.4 is 0 Å². The number of fused-ring (bicyclic) bond motifs is 1. The summed E-state index contributed by atoms with van der Waals surface area (Å²) in [5.41, 5.74) is 2.03. The minimum atomic E-state index is 0.782. The van der Waals surface area contributed by atoms with E-state index in [0.29, 0.717) is 0 Å². The lowest BCUT2D eigenvalue weighted by atomic mass is 10.1. The fourth-order valence-electron chi connectivity index (χ4n) is 1.25. The van der Waals surface area contributed by atoms with Gasteiger partial charge >= 0.3 is 0 Å². The van der Waals surface area contributed by atoms with Crippen molar-refractivity contribution in [3.8, 4) is 0 Å². The zero-order chi connectivity index (χ0) is 8.39. The topological polar surface area (TPSA) is 38.7 Å². The first-order valence-electron chi connectivity index (χ1n) is 3.95. The van der Waals surface area contributed by atoms with Crippen LogP contribution in [0.3, 0.4) is 0 Å². The average Bonchev–Trinajstić information content (AvgIpc) is 2.17. The second-order valence-corrected chi connectivity index (χ2v) is 2.58. The molecule has 3 nitrogen and oxygen atoms in total. The summed E-state index contributed by atoms with van der Waals surface area (Å²) in [6.07, 6.45) is 6.11. The molecule has 60 valence electrons. The highest BCUT2D eigenvalue weighted by Crippen LogP contribution is 2.12. The number of aromatic nitrogens is 3. The molecule has 0 saturated carbocycles. The molecule has 12 heavy (non-hydrogen) atoms. The molecule has 0 amide bonds. The Balaban J connectivity index is 2.79. The molecule has 2 rings (SSSR count). The molecule has 0 aliphatic carbocycles. The Labute approximate surface area is 70.5 Å². The van der Waals surface area contributed by atoms with E-state index in [2.05, 4.69) is 21.9 Å². The Kier molecular flexibility index (Phi) is 1.70. The normalized spacial score (nSPS) is 10.4. The van der Waals surface area contributed by atoms with E-state index in [0.717, 1.165) is 17.5 Å². The number of rotatable bonds is 1. The van der Waals surface area contributed by atoms with Crippen molar-refractivity contribution in [2.45, 2.75) is 13.3 Å². The van der Waals surface area contributed by atoms with Gasteiger partial charge in [-0.25, -0.2) is 15.0 Å². The van der Waals surface area contributed by atoms with Crippen molar-refractivity contribution in [3.63, 3.8) is 0 Å². The maximum atomic E-state index is 4.14. The van der Waals surface area contributed by atoms with E-state index in [-0.39, 0.29) is 0 Å². The summed E-state index contributed by atoms with van der Waals surface area (Å²) in [6, 6.07) is 2.01. The molecule has 2 heterocycles. The van der Waals surface area contributed by atoms with Gasteiger partial charge in [0.25, 0.3) is 0 Å². The molecule has 0 N–H and O–H groups in total. The standard InChI is InChI=1S/C9H9N3/c1-2-7-3-4-11-9-8(7)5-10-6-12-9/h3-6H,2H2,1H3. The summed E-state index contributed by atoms with van der Waals surface area (Å²) in [6.45, 7) is 2.11. The molecular weight excluding hydrogens is 150 g/mol. The predicted octanol–water partition coefficient (Wildman–Crippen LogP) is 1.59. The Morgan fingerprint density at radius 2 is 2.25 bits per heavy atom. The van der Waals surface area contributed by atoms with Crippen LogP contribution in [0.15, 0.2) is 24.8 Å². The monoisotopic (exact) mass is 159 g/mol. The zero-order valence-electron chi connectivity index (χ0n) is 6.86. The van der Waals surface area contributed by atoms with Crippen LogP contribution in [0.2, 0.25) is 0 Å². The van der Waals surface area contributed by atoms with Gasteiger partial charge < -0.3 is 0 Å². The van der Waals surface area contributed by atoms with Gasteiger partial charge in [0.05, 0.1) is 0 Å². The van der Waals surface area contributed by atoms with Gasteiger partial charge in [0.15, 0.2) is 5.65 Å². The molecule has 2 aromatic rings. The van der Waals surface area contributed by atoms with Gasteiger partial charge in [-0.1, -0.05) is 6.92 Å². The van der Waals surface area contributed by atoms with E-state index in [1.807, 2.05) is 12.3 Å². The van der Waals surface area contributed by atoms with Gasteiger partial charge in [-0.15, -0.1) is 0 Å². The SMILES string of the molecule is CCc1ccnc2ncncc12. The second-order valence-electron chi connectivity index (χ2n) is 2.58. The molecule has 0 spiro atoms. The first kappa shape index (κ1) is 7.16. The maximum Gasteiger partial charge on any atom is 0.162 e. The molecule has 2 aromatic heterocycles. The summed E-state index contributed by atoms with van der Waals surface area (Å²) < 4.78 is 0. The van der Waals surface area contributed by atoms with E-state index < -0.39 is 0 Å². The largest absolute Gasteiger partial charge is 0.244 e. The number of pyridine rings is 1. The number of aryl methyl sites for hydroxylation is 1. The van der Waals surface area contributed by atoms with E-state index in [4.69, 9.17) is 0 Å². The van der Waals surface area contributed by atoms with Gasteiger partial charge in [0.1, 0.15) is 6.33 Å². The smallest absolute Gasteiger partial charge is 0.162 e. The van der Waals surface area contributed by atoms with Gasteiger partial charge in [-0.3, -0.25) is 0 Å². The molecule has 0 aliphatic heterocycles. The van der Waals surface area contributed by atoms with Gasteiger partial charge in [-0.2, -0.15) is 0 Å². The van der Waals surface area contributed by atoms with Crippen LogP contribution in [0.4, 0.5) is 0 Å². The Morgan fingerprint density at radius 1 is 1.33 bits per heavy atom. The third-order valence-corrected chi connectivity index (χ3v) is 1.89. The van der Waals surface area contributed by atoms with Crippen LogP contribution in [-0.4, -0.2) is 15.0 Å². The van der Waals surface area contributed by atoms with Crippen molar-refractivity contribution in [2.24, 2.45) is 0 Å². The highest BCUT2D eigenvalue weighted by atomic mass is 14.9. The third-order valence-electron chi connectivity index (χ3n) is 1.89. The Bertz CT molecular complexity index is 392.